The molecule has 0 N–H and O–H groups in total. The van der Waals surface area contributed by atoms with Gasteiger partial charge in [0, 0.05) is 19.2 Å². The number of hydrogen-bond acceptors (Lipinski definition) is 2. The van der Waals surface area contributed by atoms with Gasteiger partial charge < -0.3 is 9.30 Å². The molecule has 0 saturated carbocycles. The zero-order chi connectivity index (χ0) is 18.9. The van der Waals surface area contributed by atoms with Crippen molar-refractivity contribution in [2.45, 2.75) is 26.3 Å². The Hall–Kier alpha value is -3.14. The molecule has 0 unspecified atom stereocenters. The summed E-state index contributed by atoms with van der Waals surface area (Å²) in [5, 5.41) is 0. The van der Waals surface area contributed by atoms with Crippen LogP contribution in [0.3, 0.4) is 0 Å². The molecule has 0 atom stereocenters. The van der Waals surface area contributed by atoms with Gasteiger partial charge in [-0.05, 0) is 48.7 Å². The van der Waals surface area contributed by atoms with Crippen LogP contribution in [0, 0.1) is 0 Å². The number of carbonyl (C=O) groups is 1. The quantitative estimate of drug-likeness (QED) is 0.639. The Kier molecular flexibility index (Phi) is 6.58. The summed E-state index contributed by atoms with van der Waals surface area (Å²) in [6.45, 7) is 3.30. The maximum atomic E-state index is 12.4. The molecule has 0 bridgehead atoms. The molecule has 0 aliphatic rings. The molecule has 2 aromatic carbocycles. The topological polar surface area (TPSA) is 43.6 Å². The Labute approximate surface area is 159 Å². The molecule has 138 valence electrons. The van der Waals surface area contributed by atoms with Crippen molar-refractivity contribution in [2.75, 3.05) is 6.61 Å². The van der Waals surface area contributed by atoms with Gasteiger partial charge in [-0.15, -0.1) is 0 Å². The van der Waals surface area contributed by atoms with Crippen molar-refractivity contribution >= 4 is 5.91 Å². The minimum atomic E-state index is -0.114. The normalized spacial score (nSPS) is 11.4. The SMILES string of the molecule is CCOc1ccc(CCC(=O)N=c2ccccn2Cc2ccccc2)cc1. The Balaban J connectivity index is 1.66. The van der Waals surface area contributed by atoms with Gasteiger partial charge in [0.1, 0.15) is 11.2 Å². The highest BCUT2D eigenvalue weighted by Crippen LogP contribution is 2.13. The summed E-state index contributed by atoms with van der Waals surface area (Å²) in [7, 11) is 0. The molecule has 0 fully saturated rings. The van der Waals surface area contributed by atoms with E-state index < -0.39 is 0 Å². The Morgan fingerprint density at radius 1 is 0.926 bits per heavy atom. The van der Waals surface area contributed by atoms with Crippen LogP contribution in [-0.4, -0.2) is 17.1 Å². The molecule has 0 spiro atoms. The number of ether oxygens (including phenoxy) is 1. The maximum absolute atomic E-state index is 12.4. The fourth-order valence-corrected chi connectivity index (χ4v) is 2.84. The molecule has 4 nitrogen and oxygen atoms in total. The summed E-state index contributed by atoms with van der Waals surface area (Å²) in [4.78, 5) is 16.7. The number of aryl methyl sites for hydroxylation is 1. The number of carbonyl (C=O) groups excluding carboxylic acids is 1. The standard InChI is InChI=1S/C23H24N2O2/c1-2-27-21-14-11-19(12-15-21)13-16-23(26)24-22-10-6-7-17-25(22)18-20-8-4-3-5-9-20/h3-12,14-15,17H,2,13,16,18H2,1H3. The Bertz CT molecular complexity index is 928. The smallest absolute Gasteiger partial charge is 0.247 e. The average molecular weight is 360 g/mol. The van der Waals surface area contributed by atoms with Gasteiger partial charge in [-0.25, -0.2) is 0 Å². The molecule has 3 rings (SSSR count). The highest BCUT2D eigenvalue weighted by Gasteiger charge is 2.03. The number of nitrogens with zero attached hydrogens (tertiary/aromatic N) is 2. The van der Waals surface area contributed by atoms with Crippen molar-refractivity contribution in [1.82, 2.24) is 4.57 Å². The molecular weight excluding hydrogens is 336 g/mol. The van der Waals surface area contributed by atoms with Gasteiger partial charge in [0.2, 0.25) is 5.91 Å². The second kappa shape index (κ2) is 9.53. The molecule has 1 aromatic heterocycles. The van der Waals surface area contributed by atoms with Crippen LogP contribution in [0.4, 0.5) is 0 Å². The van der Waals surface area contributed by atoms with E-state index in [2.05, 4.69) is 17.1 Å². The van der Waals surface area contributed by atoms with Crippen LogP contribution >= 0.6 is 0 Å². The zero-order valence-electron chi connectivity index (χ0n) is 15.5. The monoisotopic (exact) mass is 360 g/mol. The predicted octanol–water partition coefficient (Wildman–Crippen LogP) is 4.00. The van der Waals surface area contributed by atoms with Crippen molar-refractivity contribution in [1.29, 1.82) is 0 Å². The molecular formula is C23H24N2O2. The van der Waals surface area contributed by atoms with E-state index in [0.29, 0.717) is 31.5 Å². The molecule has 4 heteroatoms. The summed E-state index contributed by atoms with van der Waals surface area (Å²) >= 11 is 0. The van der Waals surface area contributed by atoms with E-state index >= 15 is 0 Å². The summed E-state index contributed by atoms with van der Waals surface area (Å²) in [6, 6.07) is 23.7. The van der Waals surface area contributed by atoms with E-state index in [4.69, 9.17) is 4.74 Å². The number of hydrogen-bond donors (Lipinski definition) is 0. The first kappa shape index (κ1) is 18.6. The van der Waals surface area contributed by atoms with Crippen molar-refractivity contribution < 1.29 is 9.53 Å². The number of amides is 1. The van der Waals surface area contributed by atoms with E-state index in [9.17, 15) is 4.79 Å². The largest absolute Gasteiger partial charge is 0.494 e. The summed E-state index contributed by atoms with van der Waals surface area (Å²) in [5.41, 5.74) is 2.96. The second-order valence-electron chi connectivity index (χ2n) is 6.25. The lowest BCUT2D eigenvalue weighted by atomic mass is 10.1. The number of rotatable bonds is 7. The average Bonchev–Trinajstić information content (AvgIpc) is 2.70. The van der Waals surface area contributed by atoms with Crippen LogP contribution in [0.15, 0.2) is 84.0 Å². The molecule has 27 heavy (non-hydrogen) atoms. The van der Waals surface area contributed by atoms with Gasteiger partial charge in [-0.3, -0.25) is 4.79 Å². The van der Waals surface area contributed by atoms with E-state index in [1.54, 1.807) is 0 Å². The fourth-order valence-electron chi connectivity index (χ4n) is 2.84. The van der Waals surface area contributed by atoms with E-state index in [-0.39, 0.29) is 5.91 Å². The van der Waals surface area contributed by atoms with Crippen molar-refractivity contribution in [2.24, 2.45) is 4.99 Å². The van der Waals surface area contributed by atoms with Crippen LogP contribution in [-0.2, 0) is 17.8 Å². The third kappa shape index (κ3) is 5.68. The van der Waals surface area contributed by atoms with E-state index in [0.717, 1.165) is 11.3 Å². The summed E-state index contributed by atoms with van der Waals surface area (Å²) < 4.78 is 7.43. The number of pyridine rings is 1. The predicted molar refractivity (Wildman–Crippen MR) is 106 cm³/mol. The highest BCUT2D eigenvalue weighted by atomic mass is 16.5. The lowest BCUT2D eigenvalue weighted by Crippen LogP contribution is -2.22. The van der Waals surface area contributed by atoms with Crippen molar-refractivity contribution in [3.63, 3.8) is 0 Å². The zero-order valence-corrected chi connectivity index (χ0v) is 15.5. The molecule has 0 radical (unpaired) electrons. The minimum absolute atomic E-state index is 0.114. The summed E-state index contributed by atoms with van der Waals surface area (Å²) in [5.74, 6) is 0.736. The lowest BCUT2D eigenvalue weighted by molar-refractivity contribution is -0.118. The van der Waals surface area contributed by atoms with Crippen LogP contribution in [0.2, 0.25) is 0 Å². The molecule has 1 amide bonds. The molecule has 0 saturated heterocycles. The van der Waals surface area contributed by atoms with Gasteiger partial charge >= 0.3 is 0 Å². The van der Waals surface area contributed by atoms with Crippen molar-refractivity contribution in [3.05, 3.63) is 95.6 Å². The Morgan fingerprint density at radius 2 is 1.67 bits per heavy atom. The van der Waals surface area contributed by atoms with E-state index in [1.165, 1.54) is 5.56 Å². The van der Waals surface area contributed by atoms with Gasteiger partial charge in [0.15, 0.2) is 0 Å². The van der Waals surface area contributed by atoms with Crippen LogP contribution in [0.5, 0.6) is 5.75 Å². The van der Waals surface area contributed by atoms with Crippen molar-refractivity contribution in [3.8, 4) is 5.75 Å². The minimum Gasteiger partial charge on any atom is -0.494 e. The number of aromatic nitrogens is 1. The van der Waals surface area contributed by atoms with Gasteiger partial charge in [0.25, 0.3) is 0 Å². The molecule has 3 aromatic rings. The third-order valence-corrected chi connectivity index (χ3v) is 4.21. The van der Waals surface area contributed by atoms with Crippen LogP contribution < -0.4 is 10.2 Å². The van der Waals surface area contributed by atoms with Gasteiger partial charge in [-0.1, -0.05) is 48.5 Å². The number of benzene rings is 2. The van der Waals surface area contributed by atoms with Gasteiger partial charge in [0.05, 0.1) is 6.61 Å². The Morgan fingerprint density at radius 3 is 2.41 bits per heavy atom. The third-order valence-electron chi connectivity index (χ3n) is 4.21. The van der Waals surface area contributed by atoms with Crippen LogP contribution in [0.25, 0.3) is 0 Å². The maximum Gasteiger partial charge on any atom is 0.247 e. The fraction of sp³-hybridized carbons (Fsp3) is 0.217. The van der Waals surface area contributed by atoms with E-state index in [1.807, 2.05) is 78.4 Å². The second-order valence-corrected chi connectivity index (χ2v) is 6.25. The molecule has 0 aliphatic heterocycles. The van der Waals surface area contributed by atoms with Gasteiger partial charge in [-0.2, -0.15) is 4.99 Å². The lowest BCUT2D eigenvalue weighted by Gasteiger charge is -2.07. The molecule has 1 heterocycles. The summed E-state index contributed by atoms with van der Waals surface area (Å²) in [6.07, 6.45) is 3.00. The first-order valence-electron chi connectivity index (χ1n) is 9.23. The van der Waals surface area contributed by atoms with Crippen LogP contribution in [0.1, 0.15) is 24.5 Å². The first-order valence-corrected chi connectivity index (χ1v) is 9.23. The first-order chi connectivity index (χ1) is 13.2. The highest BCUT2D eigenvalue weighted by molar-refractivity contribution is 5.77. The molecule has 0 aliphatic carbocycles.